The minimum Gasteiger partial charge on any atom is -0.354 e. The van der Waals surface area contributed by atoms with E-state index in [-0.39, 0.29) is 17.2 Å². The summed E-state index contributed by atoms with van der Waals surface area (Å²) in [5.41, 5.74) is 0. The van der Waals surface area contributed by atoms with Crippen LogP contribution in [0.4, 0.5) is 25.1 Å². The summed E-state index contributed by atoms with van der Waals surface area (Å²) in [5, 5.41) is 2.74. The summed E-state index contributed by atoms with van der Waals surface area (Å²) < 4.78 is 37.8. The molecule has 0 amide bonds. The number of anilines is 2. The molecule has 1 aromatic heterocycles. The lowest BCUT2D eigenvalue weighted by molar-refractivity contribution is -0.120. The van der Waals surface area contributed by atoms with Gasteiger partial charge in [-0.3, -0.25) is 0 Å². The van der Waals surface area contributed by atoms with Gasteiger partial charge in [0.1, 0.15) is 6.54 Å². The molecule has 1 rings (SSSR count). The van der Waals surface area contributed by atoms with Crippen LogP contribution in [0.2, 0.25) is 5.28 Å². The van der Waals surface area contributed by atoms with Crippen molar-refractivity contribution in [3.05, 3.63) is 5.28 Å². The number of hydrogen-bond donors (Lipinski definition) is 1. The van der Waals surface area contributed by atoms with E-state index in [2.05, 4.69) is 20.3 Å². The van der Waals surface area contributed by atoms with Crippen molar-refractivity contribution in [3.8, 4) is 0 Å². The van der Waals surface area contributed by atoms with E-state index < -0.39 is 18.8 Å². The van der Waals surface area contributed by atoms with E-state index in [0.717, 1.165) is 11.3 Å². The normalized spacial score (nSPS) is 11.8. The number of hydrogen-bond acceptors (Lipinski definition) is 5. The molecular weight excluding hydrogens is 295 g/mol. The van der Waals surface area contributed by atoms with E-state index in [1.54, 1.807) is 13.8 Å². The van der Waals surface area contributed by atoms with Crippen LogP contribution in [0, 0.1) is 0 Å². The summed E-state index contributed by atoms with van der Waals surface area (Å²) in [7, 11) is 0. The first-order chi connectivity index (χ1) is 9.23. The summed E-state index contributed by atoms with van der Waals surface area (Å²) >= 11 is 5.74. The molecule has 0 aliphatic carbocycles. The van der Waals surface area contributed by atoms with E-state index in [4.69, 9.17) is 11.6 Å². The van der Waals surface area contributed by atoms with Gasteiger partial charge in [-0.15, -0.1) is 0 Å². The quantitative estimate of drug-likeness (QED) is 0.874. The SMILES string of the molecule is CCCNc1nc(Cl)nc(N(CC(F)(F)F)C(C)C)n1. The van der Waals surface area contributed by atoms with Crippen molar-refractivity contribution in [1.29, 1.82) is 0 Å². The van der Waals surface area contributed by atoms with Crippen molar-refractivity contribution in [3.63, 3.8) is 0 Å². The van der Waals surface area contributed by atoms with Crippen LogP contribution in [0.3, 0.4) is 0 Å². The average Bonchev–Trinajstić information content (AvgIpc) is 2.31. The maximum Gasteiger partial charge on any atom is 0.406 e. The van der Waals surface area contributed by atoms with Gasteiger partial charge < -0.3 is 10.2 Å². The smallest absolute Gasteiger partial charge is 0.354 e. The number of nitrogens with zero attached hydrogens (tertiary/aromatic N) is 4. The molecule has 1 aromatic rings. The first kappa shape index (κ1) is 16.7. The molecule has 0 radical (unpaired) electrons. The molecule has 0 saturated carbocycles. The van der Waals surface area contributed by atoms with Gasteiger partial charge in [0.2, 0.25) is 17.2 Å². The standard InChI is InChI=1S/C11H17ClF3N5/c1-4-5-16-9-17-8(12)18-10(19-9)20(7(2)3)6-11(13,14)15/h7H,4-6H2,1-3H3,(H,16,17,18,19). The van der Waals surface area contributed by atoms with Crippen molar-refractivity contribution < 1.29 is 13.2 Å². The lowest BCUT2D eigenvalue weighted by Gasteiger charge is -2.27. The lowest BCUT2D eigenvalue weighted by Crippen LogP contribution is -2.40. The van der Waals surface area contributed by atoms with Gasteiger partial charge in [0.05, 0.1) is 0 Å². The zero-order valence-electron chi connectivity index (χ0n) is 11.5. The second-order valence-corrected chi connectivity index (χ2v) is 4.83. The number of halogens is 4. The number of rotatable bonds is 6. The molecule has 0 unspecified atom stereocenters. The highest BCUT2D eigenvalue weighted by Crippen LogP contribution is 2.23. The molecule has 0 aromatic carbocycles. The Kier molecular flexibility index (Phi) is 5.79. The van der Waals surface area contributed by atoms with Gasteiger partial charge in [-0.2, -0.15) is 28.1 Å². The highest BCUT2D eigenvalue weighted by molar-refractivity contribution is 6.28. The van der Waals surface area contributed by atoms with E-state index in [1.165, 1.54) is 0 Å². The predicted molar refractivity (Wildman–Crippen MR) is 72.2 cm³/mol. The van der Waals surface area contributed by atoms with E-state index in [1.807, 2.05) is 6.92 Å². The number of nitrogens with one attached hydrogen (secondary N) is 1. The highest BCUT2D eigenvalue weighted by Gasteiger charge is 2.33. The van der Waals surface area contributed by atoms with Crippen molar-refractivity contribution in [2.45, 2.75) is 39.4 Å². The average molecular weight is 312 g/mol. The first-order valence-electron chi connectivity index (χ1n) is 6.21. The summed E-state index contributed by atoms with van der Waals surface area (Å²) in [6.07, 6.45) is -3.52. The Morgan fingerprint density at radius 3 is 2.40 bits per heavy atom. The molecule has 1 N–H and O–H groups in total. The molecule has 0 fully saturated rings. The van der Waals surface area contributed by atoms with Crippen molar-refractivity contribution >= 4 is 23.5 Å². The van der Waals surface area contributed by atoms with Crippen LogP contribution in [0.25, 0.3) is 0 Å². The minimum absolute atomic E-state index is 0.0871. The van der Waals surface area contributed by atoms with E-state index in [9.17, 15) is 13.2 Å². The van der Waals surface area contributed by atoms with Gasteiger partial charge >= 0.3 is 6.18 Å². The summed E-state index contributed by atoms with van der Waals surface area (Å²) in [4.78, 5) is 12.6. The third kappa shape index (κ3) is 5.36. The van der Waals surface area contributed by atoms with Crippen molar-refractivity contribution in [1.82, 2.24) is 15.0 Å². The fourth-order valence-corrected chi connectivity index (χ4v) is 1.62. The Morgan fingerprint density at radius 2 is 1.90 bits per heavy atom. The van der Waals surface area contributed by atoms with Crippen LogP contribution in [0.5, 0.6) is 0 Å². The van der Waals surface area contributed by atoms with E-state index in [0.29, 0.717) is 6.54 Å². The Labute approximate surface area is 120 Å². The van der Waals surface area contributed by atoms with Gasteiger partial charge in [-0.25, -0.2) is 0 Å². The molecular formula is C11H17ClF3N5. The van der Waals surface area contributed by atoms with Gasteiger partial charge in [-0.1, -0.05) is 6.92 Å². The molecule has 0 bridgehead atoms. The fraction of sp³-hybridized carbons (Fsp3) is 0.727. The van der Waals surface area contributed by atoms with Gasteiger partial charge in [0, 0.05) is 12.6 Å². The Balaban J connectivity index is 3.03. The van der Waals surface area contributed by atoms with Crippen LogP contribution in [-0.2, 0) is 0 Å². The second-order valence-electron chi connectivity index (χ2n) is 4.49. The van der Waals surface area contributed by atoms with Gasteiger partial charge in [0.25, 0.3) is 0 Å². The number of aromatic nitrogens is 3. The van der Waals surface area contributed by atoms with Crippen molar-refractivity contribution in [2.75, 3.05) is 23.3 Å². The Hall–Kier alpha value is -1.31. The lowest BCUT2D eigenvalue weighted by atomic mass is 10.3. The van der Waals surface area contributed by atoms with Gasteiger partial charge in [-0.05, 0) is 31.9 Å². The maximum absolute atomic E-state index is 12.6. The van der Waals surface area contributed by atoms with Crippen LogP contribution in [0.15, 0.2) is 0 Å². The Morgan fingerprint density at radius 1 is 1.25 bits per heavy atom. The molecule has 20 heavy (non-hydrogen) atoms. The minimum atomic E-state index is -4.35. The predicted octanol–water partition coefficient (Wildman–Crippen LogP) is 3.12. The highest BCUT2D eigenvalue weighted by atomic mass is 35.5. The zero-order chi connectivity index (χ0) is 15.3. The van der Waals surface area contributed by atoms with Crippen LogP contribution in [0.1, 0.15) is 27.2 Å². The molecule has 1 heterocycles. The van der Waals surface area contributed by atoms with Crippen LogP contribution < -0.4 is 10.2 Å². The molecule has 0 atom stereocenters. The van der Waals surface area contributed by atoms with E-state index >= 15 is 0 Å². The molecule has 0 aliphatic heterocycles. The van der Waals surface area contributed by atoms with Crippen LogP contribution >= 0.6 is 11.6 Å². The molecule has 114 valence electrons. The van der Waals surface area contributed by atoms with Crippen LogP contribution in [-0.4, -0.2) is 40.3 Å². The third-order valence-corrected chi connectivity index (χ3v) is 2.53. The first-order valence-corrected chi connectivity index (χ1v) is 6.59. The second kappa shape index (κ2) is 6.92. The Bertz CT molecular complexity index is 439. The fourth-order valence-electron chi connectivity index (χ4n) is 1.46. The monoisotopic (exact) mass is 311 g/mol. The largest absolute Gasteiger partial charge is 0.406 e. The summed E-state index contributed by atoms with van der Waals surface area (Å²) in [6.45, 7) is 4.66. The molecule has 0 aliphatic rings. The zero-order valence-corrected chi connectivity index (χ0v) is 12.3. The maximum atomic E-state index is 12.6. The molecule has 0 spiro atoms. The van der Waals surface area contributed by atoms with Gasteiger partial charge in [0.15, 0.2) is 0 Å². The van der Waals surface area contributed by atoms with Crippen molar-refractivity contribution in [2.24, 2.45) is 0 Å². The molecule has 0 saturated heterocycles. The summed E-state index contributed by atoms with van der Waals surface area (Å²) in [5.74, 6) is 0.0885. The number of alkyl halides is 3. The summed E-state index contributed by atoms with van der Waals surface area (Å²) in [6, 6.07) is -0.422. The molecule has 9 heteroatoms. The molecule has 5 nitrogen and oxygen atoms in total. The topological polar surface area (TPSA) is 53.9 Å². The third-order valence-electron chi connectivity index (χ3n) is 2.36.